The summed E-state index contributed by atoms with van der Waals surface area (Å²) in [6.07, 6.45) is 0.933. The maximum absolute atomic E-state index is 14.3. The Labute approximate surface area is 148 Å². The van der Waals surface area contributed by atoms with Crippen LogP contribution in [0.1, 0.15) is 5.76 Å². The molecule has 3 rings (SSSR count). The predicted molar refractivity (Wildman–Crippen MR) is 91.4 cm³/mol. The van der Waals surface area contributed by atoms with Crippen LogP contribution in [0.5, 0.6) is 0 Å². The summed E-state index contributed by atoms with van der Waals surface area (Å²) in [5.41, 5.74) is 1.80. The van der Waals surface area contributed by atoms with Gasteiger partial charge in [0.1, 0.15) is 23.0 Å². The minimum absolute atomic E-state index is 0.149. The Kier molecular flexibility index (Phi) is 4.64. The van der Waals surface area contributed by atoms with Crippen molar-refractivity contribution in [2.45, 2.75) is 11.5 Å². The fourth-order valence-corrected chi connectivity index (χ4v) is 3.35. The van der Waals surface area contributed by atoms with Crippen LogP contribution >= 0.6 is 11.6 Å². The highest BCUT2D eigenvalue weighted by atomic mass is 35.5. The van der Waals surface area contributed by atoms with Gasteiger partial charge in [0.25, 0.3) is 0 Å². The van der Waals surface area contributed by atoms with E-state index in [1.165, 1.54) is 12.1 Å². The van der Waals surface area contributed by atoms with Gasteiger partial charge < -0.3 is 9.63 Å². The van der Waals surface area contributed by atoms with E-state index in [-0.39, 0.29) is 5.76 Å². The van der Waals surface area contributed by atoms with Crippen molar-refractivity contribution in [2.75, 3.05) is 6.26 Å². The molecule has 0 saturated heterocycles. The molecule has 0 fully saturated rings. The van der Waals surface area contributed by atoms with E-state index in [9.17, 15) is 17.9 Å². The quantitative estimate of drug-likeness (QED) is 0.745. The van der Waals surface area contributed by atoms with E-state index < -0.39 is 27.2 Å². The minimum Gasteiger partial charge on any atom is -0.388 e. The van der Waals surface area contributed by atoms with E-state index in [0.717, 1.165) is 12.3 Å². The van der Waals surface area contributed by atoms with Crippen molar-refractivity contribution in [3.63, 3.8) is 0 Å². The number of aliphatic hydroxyl groups excluding tert-OH is 1. The number of hydrogen-bond acceptors (Lipinski definition) is 5. The summed E-state index contributed by atoms with van der Waals surface area (Å²) >= 11 is 5.88. The van der Waals surface area contributed by atoms with Gasteiger partial charge in [-0.2, -0.15) is 0 Å². The van der Waals surface area contributed by atoms with E-state index in [2.05, 4.69) is 5.16 Å². The van der Waals surface area contributed by atoms with Crippen LogP contribution in [-0.2, 0) is 16.4 Å². The van der Waals surface area contributed by atoms with Gasteiger partial charge in [0.05, 0.1) is 5.56 Å². The fourth-order valence-electron chi connectivity index (χ4n) is 2.49. The van der Waals surface area contributed by atoms with Crippen LogP contribution in [0.15, 0.2) is 51.9 Å². The Balaban J connectivity index is 2.18. The molecule has 0 aliphatic rings. The molecule has 0 unspecified atom stereocenters. The molecule has 5 nitrogen and oxygen atoms in total. The highest BCUT2D eigenvalue weighted by Crippen LogP contribution is 2.36. The number of aromatic nitrogens is 1. The van der Waals surface area contributed by atoms with Crippen LogP contribution in [0.3, 0.4) is 0 Å². The molecule has 130 valence electrons. The monoisotopic (exact) mass is 381 g/mol. The van der Waals surface area contributed by atoms with Crippen LogP contribution in [0.2, 0.25) is 5.02 Å². The van der Waals surface area contributed by atoms with Gasteiger partial charge in [0.15, 0.2) is 15.6 Å². The first-order valence-electron chi connectivity index (χ1n) is 7.16. The zero-order valence-electron chi connectivity index (χ0n) is 13.0. The van der Waals surface area contributed by atoms with Crippen LogP contribution in [-0.4, -0.2) is 24.9 Å². The highest BCUT2D eigenvalue weighted by molar-refractivity contribution is 7.90. The van der Waals surface area contributed by atoms with Gasteiger partial charge in [-0.15, -0.1) is 0 Å². The largest absolute Gasteiger partial charge is 0.388 e. The van der Waals surface area contributed by atoms with Crippen molar-refractivity contribution in [1.29, 1.82) is 0 Å². The summed E-state index contributed by atoms with van der Waals surface area (Å²) in [5.74, 6) is -0.733. The maximum Gasteiger partial charge on any atom is 0.178 e. The summed E-state index contributed by atoms with van der Waals surface area (Å²) in [4.78, 5) is -0.397. The zero-order valence-corrected chi connectivity index (χ0v) is 14.6. The lowest BCUT2D eigenvalue weighted by atomic mass is 9.99. The van der Waals surface area contributed by atoms with E-state index in [1.807, 2.05) is 0 Å². The molecule has 0 aliphatic carbocycles. The van der Waals surface area contributed by atoms with Gasteiger partial charge in [-0.25, -0.2) is 12.8 Å². The van der Waals surface area contributed by atoms with E-state index in [4.69, 9.17) is 16.1 Å². The minimum atomic E-state index is -3.68. The van der Waals surface area contributed by atoms with Crippen molar-refractivity contribution < 1.29 is 22.4 Å². The van der Waals surface area contributed by atoms with Gasteiger partial charge in [-0.1, -0.05) is 35.0 Å². The number of rotatable bonds is 4. The molecular weight excluding hydrogens is 369 g/mol. The van der Waals surface area contributed by atoms with Crippen LogP contribution in [0, 0.1) is 5.82 Å². The van der Waals surface area contributed by atoms with Gasteiger partial charge in [0.2, 0.25) is 0 Å². The van der Waals surface area contributed by atoms with Gasteiger partial charge >= 0.3 is 0 Å². The average Bonchev–Trinajstić information content (AvgIpc) is 2.98. The van der Waals surface area contributed by atoms with E-state index in [1.54, 1.807) is 24.3 Å². The molecule has 0 saturated carbocycles. The molecule has 1 aromatic heterocycles. The molecule has 0 bridgehead atoms. The summed E-state index contributed by atoms with van der Waals surface area (Å²) in [7, 11) is -3.68. The van der Waals surface area contributed by atoms with E-state index >= 15 is 0 Å². The number of sulfone groups is 1. The number of hydrogen-bond donors (Lipinski definition) is 1. The molecule has 3 aromatic rings. The van der Waals surface area contributed by atoms with Crippen molar-refractivity contribution in [3.8, 4) is 22.4 Å². The van der Waals surface area contributed by atoms with Crippen molar-refractivity contribution >= 4 is 21.4 Å². The molecular formula is C17H13ClFNO4S. The number of nitrogens with zero attached hydrogens (tertiary/aromatic N) is 1. The van der Waals surface area contributed by atoms with Crippen LogP contribution < -0.4 is 0 Å². The molecule has 1 heterocycles. The molecule has 8 heteroatoms. The normalized spacial score (nSPS) is 11.7. The molecule has 0 atom stereocenters. The first-order chi connectivity index (χ1) is 11.8. The summed E-state index contributed by atoms with van der Waals surface area (Å²) in [5, 5.41) is 14.0. The SMILES string of the molecule is CS(=O)(=O)c1ccc(-c2c(-c3ccc(Cl)cc3)noc2CO)cc1F. The van der Waals surface area contributed by atoms with Crippen molar-refractivity contribution in [2.24, 2.45) is 0 Å². The standard InChI is InChI=1S/C17H13ClFNO4S/c1-25(22,23)15-7-4-11(8-13(15)19)16-14(9-21)24-20-17(16)10-2-5-12(18)6-3-10/h2-8,21H,9H2,1H3. The lowest BCUT2D eigenvalue weighted by molar-refractivity contribution is 0.230. The number of halogens is 2. The zero-order chi connectivity index (χ0) is 18.2. The Morgan fingerprint density at radius 2 is 1.80 bits per heavy atom. The summed E-state index contributed by atoms with van der Waals surface area (Å²) < 4.78 is 42.5. The van der Waals surface area contributed by atoms with Gasteiger partial charge in [-0.05, 0) is 29.8 Å². The second-order valence-corrected chi connectivity index (χ2v) is 7.83. The Bertz CT molecular complexity index is 1030. The van der Waals surface area contributed by atoms with Gasteiger partial charge in [-0.3, -0.25) is 0 Å². The third-order valence-electron chi connectivity index (χ3n) is 3.64. The Morgan fingerprint density at radius 3 is 2.36 bits per heavy atom. The van der Waals surface area contributed by atoms with Gasteiger partial charge in [0, 0.05) is 16.8 Å². The van der Waals surface area contributed by atoms with E-state index in [0.29, 0.717) is 27.4 Å². The average molecular weight is 382 g/mol. The third-order valence-corrected chi connectivity index (χ3v) is 5.03. The van der Waals surface area contributed by atoms with Crippen LogP contribution in [0.25, 0.3) is 22.4 Å². The molecule has 1 N–H and O–H groups in total. The summed E-state index contributed by atoms with van der Waals surface area (Å²) in [6.45, 7) is -0.439. The predicted octanol–water partition coefficient (Wildman–Crippen LogP) is 3.70. The molecule has 0 aliphatic heterocycles. The molecule has 0 radical (unpaired) electrons. The summed E-state index contributed by atoms with van der Waals surface area (Å²) in [6, 6.07) is 10.5. The lowest BCUT2D eigenvalue weighted by Crippen LogP contribution is -2.01. The second-order valence-electron chi connectivity index (χ2n) is 5.41. The molecule has 0 amide bonds. The second kappa shape index (κ2) is 6.59. The fraction of sp³-hybridized carbons (Fsp3) is 0.118. The molecule has 0 spiro atoms. The number of benzene rings is 2. The lowest BCUT2D eigenvalue weighted by Gasteiger charge is -2.07. The number of aliphatic hydroxyl groups is 1. The van der Waals surface area contributed by atoms with Crippen LogP contribution in [0.4, 0.5) is 4.39 Å². The maximum atomic E-state index is 14.3. The third kappa shape index (κ3) is 3.44. The first kappa shape index (κ1) is 17.6. The van der Waals surface area contributed by atoms with Crippen molar-refractivity contribution in [3.05, 3.63) is 59.1 Å². The highest BCUT2D eigenvalue weighted by Gasteiger charge is 2.21. The smallest absolute Gasteiger partial charge is 0.178 e. The Hall–Kier alpha value is -2.22. The first-order valence-corrected chi connectivity index (χ1v) is 9.43. The molecule has 25 heavy (non-hydrogen) atoms. The molecule has 2 aromatic carbocycles. The van der Waals surface area contributed by atoms with Crippen molar-refractivity contribution in [1.82, 2.24) is 5.16 Å². The Morgan fingerprint density at radius 1 is 1.16 bits per heavy atom. The topological polar surface area (TPSA) is 80.4 Å².